The van der Waals surface area contributed by atoms with Crippen molar-refractivity contribution in [2.24, 2.45) is 5.92 Å². The topological polar surface area (TPSA) is 98.6 Å². The number of sulfonamides is 1. The number of morpholine rings is 1. The van der Waals surface area contributed by atoms with Crippen LogP contribution in [0.1, 0.15) is 12.8 Å². The number of hydrogen-bond donors (Lipinski definition) is 1. The van der Waals surface area contributed by atoms with Gasteiger partial charge in [-0.05, 0) is 43.5 Å². The Morgan fingerprint density at radius 2 is 2.10 bits per heavy atom. The number of nitrogens with one attached hydrogen (secondary N) is 1. The zero-order chi connectivity index (χ0) is 21.0. The second-order valence-corrected chi connectivity index (χ2v) is 9.66. The third-order valence-electron chi connectivity index (χ3n) is 5.73. The molecule has 160 valence electrons. The molecule has 2 aliphatic heterocycles. The van der Waals surface area contributed by atoms with Crippen molar-refractivity contribution in [1.29, 1.82) is 5.26 Å². The van der Waals surface area contributed by atoms with E-state index in [1.54, 1.807) is 12.1 Å². The van der Waals surface area contributed by atoms with Gasteiger partial charge in [0.1, 0.15) is 10.7 Å². The molecule has 30 heavy (non-hydrogen) atoms. The number of hydrogen-bond acceptors (Lipinski definition) is 7. The van der Waals surface area contributed by atoms with Crippen LogP contribution < -0.4 is 9.62 Å². The molecule has 0 saturated carbocycles. The number of aromatic nitrogens is 1. The van der Waals surface area contributed by atoms with E-state index in [1.807, 2.05) is 18.2 Å². The summed E-state index contributed by atoms with van der Waals surface area (Å²) in [5.41, 5.74) is 0.704. The van der Waals surface area contributed by atoms with Gasteiger partial charge in [-0.15, -0.1) is 0 Å². The first-order valence-electron chi connectivity index (χ1n) is 10.4. The molecule has 2 atom stereocenters. The summed E-state index contributed by atoms with van der Waals surface area (Å²) < 4.78 is 33.8. The van der Waals surface area contributed by atoms with Gasteiger partial charge in [0, 0.05) is 44.0 Å². The fourth-order valence-corrected chi connectivity index (χ4v) is 5.38. The maximum Gasteiger partial charge on any atom is 0.242 e. The molecule has 9 heteroatoms. The first kappa shape index (κ1) is 21.0. The van der Waals surface area contributed by atoms with Crippen molar-refractivity contribution in [3.63, 3.8) is 0 Å². The molecule has 1 aromatic rings. The van der Waals surface area contributed by atoms with Crippen LogP contribution in [0.5, 0.6) is 0 Å². The Morgan fingerprint density at radius 1 is 1.27 bits per heavy atom. The lowest BCUT2D eigenvalue weighted by atomic mass is 9.96. The second kappa shape index (κ2) is 9.27. The smallest absolute Gasteiger partial charge is 0.242 e. The van der Waals surface area contributed by atoms with E-state index in [-0.39, 0.29) is 10.9 Å². The first-order chi connectivity index (χ1) is 14.5. The van der Waals surface area contributed by atoms with Gasteiger partial charge in [0.15, 0.2) is 0 Å². The molecule has 4 rings (SSSR count). The molecule has 1 N–H and O–H groups in total. The summed E-state index contributed by atoms with van der Waals surface area (Å²) in [6.07, 6.45) is 9.03. The summed E-state index contributed by atoms with van der Waals surface area (Å²) in [6, 6.07) is 5.45. The molecule has 1 aliphatic carbocycles. The number of pyridine rings is 1. The number of likely N-dealkylation sites (tertiary alicyclic amines) is 1. The highest BCUT2D eigenvalue weighted by molar-refractivity contribution is 7.89. The maximum atomic E-state index is 12.8. The van der Waals surface area contributed by atoms with Crippen LogP contribution in [0.25, 0.3) is 0 Å². The van der Waals surface area contributed by atoms with Crippen LogP contribution >= 0.6 is 0 Å². The van der Waals surface area contributed by atoms with Crippen LogP contribution in [-0.2, 0) is 14.8 Å². The first-order valence-corrected chi connectivity index (χ1v) is 11.8. The molecule has 0 bridgehead atoms. The number of allylic oxidation sites excluding steroid dienone is 3. The van der Waals surface area contributed by atoms with Crippen LogP contribution in [0.2, 0.25) is 0 Å². The number of nitriles is 1. The fourth-order valence-electron chi connectivity index (χ4n) is 4.17. The zero-order valence-corrected chi connectivity index (χ0v) is 17.7. The third-order valence-corrected chi connectivity index (χ3v) is 7.24. The van der Waals surface area contributed by atoms with Crippen LogP contribution in [0.4, 0.5) is 5.82 Å². The van der Waals surface area contributed by atoms with E-state index < -0.39 is 10.0 Å². The molecule has 2 fully saturated rings. The summed E-state index contributed by atoms with van der Waals surface area (Å²) in [4.78, 5) is 8.90. The van der Waals surface area contributed by atoms with Gasteiger partial charge in [-0.2, -0.15) is 5.26 Å². The van der Waals surface area contributed by atoms with E-state index in [2.05, 4.69) is 25.6 Å². The van der Waals surface area contributed by atoms with E-state index in [1.165, 1.54) is 6.20 Å². The minimum atomic E-state index is -3.61. The summed E-state index contributed by atoms with van der Waals surface area (Å²) in [7, 11) is -3.61. The van der Waals surface area contributed by atoms with Crippen LogP contribution in [0, 0.1) is 17.2 Å². The second-order valence-electron chi connectivity index (χ2n) is 7.95. The van der Waals surface area contributed by atoms with Crippen LogP contribution in [0.3, 0.4) is 0 Å². The monoisotopic (exact) mass is 429 g/mol. The van der Waals surface area contributed by atoms with Gasteiger partial charge in [-0.25, -0.2) is 18.1 Å². The van der Waals surface area contributed by atoms with Crippen molar-refractivity contribution in [2.75, 3.05) is 50.8 Å². The van der Waals surface area contributed by atoms with Crippen molar-refractivity contribution in [3.8, 4) is 6.07 Å². The minimum absolute atomic E-state index is 0.118. The molecule has 1 aromatic heterocycles. The molecule has 0 amide bonds. The Morgan fingerprint density at radius 3 is 2.83 bits per heavy atom. The van der Waals surface area contributed by atoms with Gasteiger partial charge in [0.25, 0.3) is 0 Å². The highest BCUT2D eigenvalue weighted by atomic mass is 32.2. The average Bonchev–Trinajstić information content (AvgIpc) is 3.20. The molecule has 2 saturated heterocycles. The molecule has 0 aromatic carbocycles. The lowest BCUT2D eigenvalue weighted by molar-refractivity contribution is 0.122. The molecule has 1 unspecified atom stereocenters. The zero-order valence-electron chi connectivity index (χ0n) is 16.9. The van der Waals surface area contributed by atoms with Gasteiger partial charge in [-0.1, -0.05) is 12.2 Å². The van der Waals surface area contributed by atoms with Crippen molar-refractivity contribution >= 4 is 15.8 Å². The quantitative estimate of drug-likeness (QED) is 0.728. The van der Waals surface area contributed by atoms with Crippen LogP contribution in [-0.4, -0.2) is 70.3 Å². The van der Waals surface area contributed by atoms with E-state index >= 15 is 0 Å². The average molecular weight is 430 g/mol. The normalized spacial score (nSPS) is 25.2. The highest BCUT2D eigenvalue weighted by Crippen LogP contribution is 2.21. The standard InChI is InChI=1S/C21H27N5O3S/c22-13-17-2-1-3-18(12-17)15-25-7-6-19(16-25)24-30(27,28)20-4-5-21(23-14-20)26-8-10-29-11-9-26/h1-2,4-5,12,14,18-19,24H,3,6-11,15-16H2/t18?,19-/m0/s1. The summed E-state index contributed by atoms with van der Waals surface area (Å²) in [5, 5.41) is 9.07. The maximum absolute atomic E-state index is 12.8. The van der Waals surface area contributed by atoms with E-state index in [0.29, 0.717) is 31.2 Å². The third kappa shape index (κ3) is 5.08. The lowest BCUT2D eigenvalue weighted by Crippen LogP contribution is -2.38. The fraction of sp³-hybridized carbons (Fsp3) is 0.524. The van der Waals surface area contributed by atoms with Gasteiger partial charge in [0.2, 0.25) is 10.0 Å². The Balaban J connectivity index is 1.32. The van der Waals surface area contributed by atoms with Gasteiger partial charge in [0.05, 0.1) is 19.3 Å². The Kier molecular flexibility index (Phi) is 6.49. The number of nitrogens with zero attached hydrogens (tertiary/aromatic N) is 4. The molecule has 0 spiro atoms. The van der Waals surface area contributed by atoms with Gasteiger partial charge in [-0.3, -0.25) is 0 Å². The molecule has 3 heterocycles. The van der Waals surface area contributed by atoms with Crippen LogP contribution in [0.15, 0.2) is 47.0 Å². The number of anilines is 1. The van der Waals surface area contributed by atoms with E-state index in [4.69, 9.17) is 10.00 Å². The van der Waals surface area contributed by atoms with Gasteiger partial charge >= 0.3 is 0 Å². The van der Waals surface area contributed by atoms with E-state index in [0.717, 1.165) is 44.8 Å². The molecule has 0 radical (unpaired) electrons. The Hall–Kier alpha value is -2.25. The highest BCUT2D eigenvalue weighted by Gasteiger charge is 2.28. The largest absolute Gasteiger partial charge is 0.378 e. The van der Waals surface area contributed by atoms with E-state index in [9.17, 15) is 8.42 Å². The van der Waals surface area contributed by atoms with Crippen molar-refractivity contribution in [2.45, 2.75) is 23.8 Å². The van der Waals surface area contributed by atoms with Crippen molar-refractivity contribution in [1.82, 2.24) is 14.6 Å². The predicted octanol–water partition coefficient (Wildman–Crippen LogP) is 1.30. The summed E-state index contributed by atoms with van der Waals surface area (Å²) in [5.74, 6) is 1.08. The molecular weight excluding hydrogens is 402 g/mol. The summed E-state index contributed by atoms with van der Waals surface area (Å²) in [6.45, 7) is 5.20. The SMILES string of the molecule is N#CC1=CC(CN2CC[C@H](NS(=O)(=O)c3ccc(N4CCOCC4)nc3)C2)CC=C1. The Labute approximate surface area is 177 Å². The molecule has 3 aliphatic rings. The predicted molar refractivity (Wildman–Crippen MR) is 113 cm³/mol. The van der Waals surface area contributed by atoms with Gasteiger partial charge < -0.3 is 14.5 Å². The Bertz CT molecular complexity index is 946. The van der Waals surface area contributed by atoms with Crippen molar-refractivity contribution < 1.29 is 13.2 Å². The minimum Gasteiger partial charge on any atom is -0.378 e. The molecular formula is C21H27N5O3S. The number of rotatable bonds is 6. The summed E-state index contributed by atoms with van der Waals surface area (Å²) >= 11 is 0. The lowest BCUT2D eigenvalue weighted by Gasteiger charge is -2.27. The van der Waals surface area contributed by atoms with Crippen molar-refractivity contribution in [3.05, 3.63) is 42.1 Å². The number of ether oxygens (including phenoxy) is 1. The molecule has 8 nitrogen and oxygen atoms in total.